The monoisotopic (exact) mass is 295 g/mol. The van der Waals surface area contributed by atoms with Gasteiger partial charge in [0.2, 0.25) is 0 Å². The number of carboxylic acids is 1. The number of amides is 1. The highest BCUT2D eigenvalue weighted by Gasteiger charge is 2.12. The molecule has 2 rings (SSSR count). The number of nitrogens with one attached hydrogen (secondary N) is 1. The van der Waals surface area contributed by atoms with Crippen LogP contribution >= 0.6 is 22.7 Å². The topological polar surface area (TPSA) is 83.5 Å². The van der Waals surface area contributed by atoms with Crippen LogP contribution in [0.25, 0.3) is 10.4 Å². The summed E-state index contributed by atoms with van der Waals surface area (Å²) in [5, 5.41) is 12.6. The third-order valence-corrected chi connectivity index (χ3v) is 4.24. The van der Waals surface area contributed by atoms with Crippen molar-refractivity contribution in [2.75, 3.05) is 6.54 Å². The maximum atomic E-state index is 11.6. The molecule has 0 unspecified atom stereocenters. The normalized spacial score (nSPS) is 10.1. The largest absolute Gasteiger partial charge is 0.480 e. The fourth-order valence-electron chi connectivity index (χ4n) is 1.40. The third-order valence-electron chi connectivity index (χ3n) is 2.25. The van der Waals surface area contributed by atoms with Gasteiger partial charge in [0, 0.05) is 15.8 Å². The summed E-state index contributed by atoms with van der Waals surface area (Å²) in [5.74, 6) is -1.50. The summed E-state index contributed by atoms with van der Waals surface area (Å²) in [7, 11) is 0. The van der Waals surface area contributed by atoms with Gasteiger partial charge in [-0.05, 0) is 18.2 Å². The highest BCUT2D eigenvalue weighted by Crippen LogP contribution is 2.31. The quantitative estimate of drug-likeness (QED) is 0.827. The average Bonchev–Trinajstić information content (AvgIpc) is 3.03. The lowest BCUT2D eigenvalue weighted by molar-refractivity contribution is -0.135. The van der Waals surface area contributed by atoms with Gasteiger partial charge >= 0.3 is 5.97 Å². The molecule has 0 aliphatic heterocycles. The van der Waals surface area contributed by atoms with Crippen molar-refractivity contribution >= 4 is 40.8 Å². The smallest absolute Gasteiger partial charge is 0.322 e. The number of carboxylic acid groups (broad SMARTS) is 1. The Labute approximate surface area is 116 Å². The Morgan fingerprint density at radius 3 is 2.79 bits per heavy atom. The summed E-state index contributed by atoms with van der Waals surface area (Å²) in [6.07, 6.45) is 0.779. The molecule has 1 amide bonds. The lowest BCUT2D eigenvalue weighted by atomic mass is 10.2. The molecule has 98 valence electrons. The zero-order valence-corrected chi connectivity index (χ0v) is 11.2. The zero-order chi connectivity index (χ0) is 13.8. The van der Waals surface area contributed by atoms with Gasteiger partial charge in [0.25, 0.3) is 5.91 Å². The number of thiophene rings is 2. The maximum absolute atomic E-state index is 11.6. The predicted molar refractivity (Wildman–Crippen MR) is 73.0 cm³/mol. The van der Waals surface area contributed by atoms with Crippen LogP contribution in [0.2, 0.25) is 0 Å². The zero-order valence-electron chi connectivity index (χ0n) is 9.58. The second-order valence-corrected chi connectivity index (χ2v) is 5.62. The molecule has 2 heterocycles. The standard InChI is InChI=1S/C12H9NO4S2/c14-5-8-1-2-9(19-8)7-3-10(18-6-7)12(17)13-4-11(15)16/h1-3,5-6H,4H2,(H,13,17)(H,15,16). The van der Waals surface area contributed by atoms with Crippen LogP contribution in [0.4, 0.5) is 0 Å². The fraction of sp³-hybridized carbons (Fsp3) is 0.0833. The second-order valence-electron chi connectivity index (χ2n) is 3.60. The average molecular weight is 295 g/mol. The van der Waals surface area contributed by atoms with Crippen LogP contribution in [-0.4, -0.2) is 29.8 Å². The molecule has 5 nitrogen and oxygen atoms in total. The molecule has 0 aliphatic rings. The van der Waals surface area contributed by atoms with Crippen molar-refractivity contribution in [3.8, 4) is 10.4 Å². The summed E-state index contributed by atoms with van der Waals surface area (Å²) < 4.78 is 0. The predicted octanol–water partition coefficient (Wildman–Crippen LogP) is 2.10. The van der Waals surface area contributed by atoms with E-state index >= 15 is 0 Å². The molecule has 7 heteroatoms. The van der Waals surface area contributed by atoms with Crippen molar-refractivity contribution in [2.24, 2.45) is 0 Å². The molecule has 0 bridgehead atoms. The SMILES string of the molecule is O=Cc1ccc(-c2csc(C(=O)NCC(=O)O)c2)s1. The first-order valence-corrected chi connectivity index (χ1v) is 6.93. The van der Waals surface area contributed by atoms with Crippen molar-refractivity contribution in [2.45, 2.75) is 0 Å². The molecule has 2 N–H and O–H groups in total. The molecule has 19 heavy (non-hydrogen) atoms. The number of aldehydes is 1. The van der Waals surface area contributed by atoms with Crippen LogP contribution in [0.15, 0.2) is 23.6 Å². The van der Waals surface area contributed by atoms with Gasteiger partial charge in [0.1, 0.15) is 6.54 Å². The molecular weight excluding hydrogens is 286 g/mol. The number of carbonyl (C=O) groups is 3. The van der Waals surface area contributed by atoms with E-state index < -0.39 is 18.4 Å². The molecule has 0 aromatic carbocycles. The van der Waals surface area contributed by atoms with E-state index in [4.69, 9.17) is 5.11 Å². The Morgan fingerprint density at radius 2 is 2.16 bits per heavy atom. The minimum absolute atomic E-state index is 0.402. The van der Waals surface area contributed by atoms with Gasteiger partial charge in [0.05, 0.1) is 9.75 Å². The number of aliphatic carboxylic acids is 1. The van der Waals surface area contributed by atoms with E-state index in [9.17, 15) is 14.4 Å². The summed E-state index contributed by atoms with van der Waals surface area (Å²) in [6.45, 7) is -0.402. The molecule has 2 aromatic rings. The Morgan fingerprint density at radius 1 is 1.37 bits per heavy atom. The number of hydrogen-bond acceptors (Lipinski definition) is 5. The molecule has 0 radical (unpaired) electrons. The third kappa shape index (κ3) is 3.27. The van der Waals surface area contributed by atoms with Crippen LogP contribution in [0.1, 0.15) is 19.3 Å². The maximum Gasteiger partial charge on any atom is 0.322 e. The first-order chi connectivity index (χ1) is 9.10. The Balaban J connectivity index is 2.12. The molecule has 0 atom stereocenters. The van der Waals surface area contributed by atoms with Crippen LogP contribution in [0, 0.1) is 0 Å². The fourth-order valence-corrected chi connectivity index (χ4v) is 3.11. The van der Waals surface area contributed by atoms with Crippen LogP contribution < -0.4 is 5.32 Å². The molecule has 0 spiro atoms. The van der Waals surface area contributed by atoms with Crippen molar-refractivity contribution in [1.29, 1.82) is 0 Å². The van der Waals surface area contributed by atoms with E-state index in [1.54, 1.807) is 17.5 Å². The number of carbonyl (C=O) groups excluding carboxylic acids is 2. The highest BCUT2D eigenvalue weighted by atomic mass is 32.1. The van der Waals surface area contributed by atoms with E-state index in [1.165, 1.54) is 22.7 Å². The summed E-state index contributed by atoms with van der Waals surface area (Å²) >= 11 is 2.58. The van der Waals surface area contributed by atoms with E-state index in [-0.39, 0.29) is 0 Å². The lowest BCUT2D eigenvalue weighted by Gasteiger charge is -1.97. The van der Waals surface area contributed by atoms with Gasteiger partial charge < -0.3 is 10.4 Å². The van der Waals surface area contributed by atoms with Gasteiger partial charge in [-0.15, -0.1) is 22.7 Å². The van der Waals surface area contributed by atoms with Crippen molar-refractivity contribution in [3.05, 3.63) is 33.3 Å². The van der Waals surface area contributed by atoms with Crippen LogP contribution in [0.3, 0.4) is 0 Å². The summed E-state index contributed by atoms with van der Waals surface area (Å²) in [6, 6.07) is 5.21. The van der Waals surface area contributed by atoms with E-state index in [0.29, 0.717) is 9.75 Å². The molecule has 0 fully saturated rings. The van der Waals surface area contributed by atoms with Gasteiger partial charge in [0.15, 0.2) is 6.29 Å². The van der Waals surface area contributed by atoms with Gasteiger partial charge in [-0.1, -0.05) is 0 Å². The number of rotatable bonds is 5. The summed E-state index contributed by atoms with van der Waals surface area (Å²) in [5.41, 5.74) is 0.851. The highest BCUT2D eigenvalue weighted by molar-refractivity contribution is 7.17. The Kier molecular flexibility index (Phi) is 4.08. The van der Waals surface area contributed by atoms with Crippen molar-refractivity contribution in [1.82, 2.24) is 5.32 Å². The van der Waals surface area contributed by atoms with Crippen molar-refractivity contribution in [3.63, 3.8) is 0 Å². The molecular formula is C12H9NO4S2. The van der Waals surface area contributed by atoms with Crippen molar-refractivity contribution < 1.29 is 19.5 Å². The molecule has 2 aromatic heterocycles. The molecule has 0 saturated carbocycles. The minimum Gasteiger partial charge on any atom is -0.480 e. The second kappa shape index (κ2) is 5.77. The molecule has 0 saturated heterocycles. The Bertz CT molecular complexity index is 629. The van der Waals surface area contributed by atoms with E-state index in [0.717, 1.165) is 16.7 Å². The lowest BCUT2D eigenvalue weighted by Crippen LogP contribution is -2.28. The Hall–Kier alpha value is -1.99. The van der Waals surface area contributed by atoms with Crippen LogP contribution in [0.5, 0.6) is 0 Å². The number of hydrogen-bond donors (Lipinski definition) is 2. The van der Waals surface area contributed by atoms with E-state index in [2.05, 4.69) is 5.32 Å². The van der Waals surface area contributed by atoms with Gasteiger partial charge in [-0.3, -0.25) is 14.4 Å². The first-order valence-electron chi connectivity index (χ1n) is 5.24. The molecule has 0 aliphatic carbocycles. The van der Waals surface area contributed by atoms with Crippen LogP contribution in [-0.2, 0) is 4.79 Å². The van der Waals surface area contributed by atoms with Gasteiger partial charge in [-0.2, -0.15) is 0 Å². The van der Waals surface area contributed by atoms with Gasteiger partial charge in [-0.25, -0.2) is 0 Å². The summed E-state index contributed by atoms with van der Waals surface area (Å²) in [4.78, 5) is 34.6. The minimum atomic E-state index is -1.08. The van der Waals surface area contributed by atoms with E-state index in [1.807, 2.05) is 6.07 Å². The first kappa shape index (κ1) is 13.4.